The largest absolute Gasteiger partial charge is 0.505 e. The average Bonchev–Trinajstić information content (AvgIpc) is 2.36. The molecule has 0 aromatic heterocycles. The number of phenols is 1. The van der Waals surface area contributed by atoms with E-state index in [2.05, 4.69) is 37.2 Å². The molecular formula is C13H10Br2N2O2. The van der Waals surface area contributed by atoms with Crippen LogP contribution in [0.25, 0.3) is 0 Å². The highest BCUT2D eigenvalue weighted by atomic mass is 79.9. The zero-order valence-electron chi connectivity index (χ0n) is 9.65. The lowest BCUT2D eigenvalue weighted by Gasteiger charge is -2.09. The first kappa shape index (κ1) is 13.9. The lowest BCUT2D eigenvalue weighted by Crippen LogP contribution is -2.13. The molecule has 0 aliphatic carbocycles. The van der Waals surface area contributed by atoms with Gasteiger partial charge in [0.05, 0.1) is 16.9 Å². The summed E-state index contributed by atoms with van der Waals surface area (Å²) in [7, 11) is 0. The number of halogens is 2. The van der Waals surface area contributed by atoms with E-state index >= 15 is 0 Å². The molecule has 19 heavy (non-hydrogen) atoms. The third kappa shape index (κ3) is 3.08. The van der Waals surface area contributed by atoms with Crippen LogP contribution < -0.4 is 11.1 Å². The van der Waals surface area contributed by atoms with Gasteiger partial charge < -0.3 is 16.2 Å². The number of nitrogens with one attached hydrogen (secondary N) is 1. The number of nitrogens with two attached hydrogens (primary N) is 1. The lowest BCUT2D eigenvalue weighted by atomic mass is 10.1. The standard InChI is InChI=1S/C13H10Br2N2O2/c14-7-4-5-11(9(15)6-7)17-13(19)8-2-1-3-10(16)12(8)18/h1-6,18H,16H2,(H,17,19). The predicted molar refractivity (Wildman–Crippen MR) is 82.3 cm³/mol. The molecule has 4 N–H and O–H groups in total. The van der Waals surface area contributed by atoms with Crippen LogP contribution in [0.1, 0.15) is 10.4 Å². The number of amides is 1. The molecule has 2 aromatic rings. The number of benzene rings is 2. The highest BCUT2D eigenvalue weighted by Crippen LogP contribution is 2.29. The number of phenolic OH excluding ortho intramolecular Hbond substituents is 1. The van der Waals surface area contributed by atoms with E-state index in [9.17, 15) is 9.90 Å². The minimum atomic E-state index is -0.423. The van der Waals surface area contributed by atoms with Crippen molar-refractivity contribution in [3.05, 3.63) is 50.9 Å². The quantitative estimate of drug-likeness (QED) is 0.544. The molecule has 98 valence electrons. The van der Waals surface area contributed by atoms with E-state index in [1.807, 2.05) is 6.07 Å². The van der Waals surface area contributed by atoms with Gasteiger partial charge in [-0.3, -0.25) is 4.79 Å². The molecule has 4 nitrogen and oxygen atoms in total. The van der Waals surface area contributed by atoms with Gasteiger partial charge in [0.15, 0.2) is 5.75 Å². The Morgan fingerprint density at radius 3 is 2.63 bits per heavy atom. The normalized spacial score (nSPS) is 10.2. The molecule has 6 heteroatoms. The summed E-state index contributed by atoms with van der Waals surface area (Å²) in [4.78, 5) is 12.1. The molecule has 2 aromatic carbocycles. The molecule has 0 bridgehead atoms. The maximum Gasteiger partial charge on any atom is 0.259 e. The summed E-state index contributed by atoms with van der Waals surface area (Å²) >= 11 is 6.68. The van der Waals surface area contributed by atoms with Crippen LogP contribution in [0, 0.1) is 0 Å². The first-order valence-electron chi connectivity index (χ1n) is 5.33. The summed E-state index contributed by atoms with van der Waals surface area (Å²) in [5.41, 5.74) is 6.47. The minimum Gasteiger partial charge on any atom is -0.505 e. The third-order valence-electron chi connectivity index (χ3n) is 2.49. The fourth-order valence-corrected chi connectivity index (χ4v) is 2.67. The maximum absolute atomic E-state index is 12.1. The summed E-state index contributed by atoms with van der Waals surface area (Å²) < 4.78 is 1.63. The maximum atomic E-state index is 12.1. The van der Waals surface area contributed by atoms with Gasteiger partial charge in [-0.2, -0.15) is 0 Å². The fraction of sp³-hybridized carbons (Fsp3) is 0. The summed E-state index contributed by atoms with van der Waals surface area (Å²) in [5.74, 6) is -0.638. The lowest BCUT2D eigenvalue weighted by molar-refractivity contribution is 0.102. The zero-order chi connectivity index (χ0) is 14.0. The van der Waals surface area contributed by atoms with Crippen LogP contribution in [0.2, 0.25) is 0 Å². The van der Waals surface area contributed by atoms with E-state index in [-0.39, 0.29) is 17.0 Å². The van der Waals surface area contributed by atoms with Crippen molar-refractivity contribution < 1.29 is 9.90 Å². The van der Waals surface area contributed by atoms with Gasteiger partial charge in [0.2, 0.25) is 0 Å². The van der Waals surface area contributed by atoms with Gasteiger partial charge in [-0.25, -0.2) is 0 Å². The number of para-hydroxylation sites is 1. The molecule has 0 aliphatic heterocycles. The van der Waals surface area contributed by atoms with Crippen LogP contribution in [0.5, 0.6) is 5.75 Å². The second kappa shape index (κ2) is 5.63. The van der Waals surface area contributed by atoms with Crippen molar-refractivity contribution in [3.63, 3.8) is 0 Å². The number of aromatic hydroxyl groups is 1. The highest BCUT2D eigenvalue weighted by molar-refractivity contribution is 9.11. The minimum absolute atomic E-state index is 0.134. The topological polar surface area (TPSA) is 75.4 Å². The third-order valence-corrected chi connectivity index (χ3v) is 3.64. The molecule has 2 rings (SSSR count). The predicted octanol–water partition coefficient (Wildman–Crippen LogP) is 3.75. The number of hydrogen-bond donors (Lipinski definition) is 3. The number of hydrogen-bond acceptors (Lipinski definition) is 3. The van der Waals surface area contributed by atoms with Gasteiger partial charge in [-0.05, 0) is 46.3 Å². The van der Waals surface area contributed by atoms with Crippen LogP contribution in [0.15, 0.2) is 45.3 Å². The van der Waals surface area contributed by atoms with E-state index in [0.29, 0.717) is 5.69 Å². The average molecular weight is 386 g/mol. The Kier molecular flexibility index (Phi) is 4.11. The first-order chi connectivity index (χ1) is 8.99. The number of nitrogen functional groups attached to an aromatic ring is 1. The number of rotatable bonds is 2. The first-order valence-corrected chi connectivity index (χ1v) is 6.91. The van der Waals surface area contributed by atoms with E-state index < -0.39 is 5.91 Å². The molecular weight excluding hydrogens is 376 g/mol. The van der Waals surface area contributed by atoms with Gasteiger partial charge in [-0.1, -0.05) is 22.0 Å². The number of anilines is 2. The smallest absolute Gasteiger partial charge is 0.259 e. The van der Waals surface area contributed by atoms with E-state index in [4.69, 9.17) is 5.73 Å². The highest BCUT2D eigenvalue weighted by Gasteiger charge is 2.14. The van der Waals surface area contributed by atoms with E-state index in [1.165, 1.54) is 12.1 Å². The van der Waals surface area contributed by atoms with Gasteiger partial charge >= 0.3 is 0 Å². The van der Waals surface area contributed by atoms with Gasteiger partial charge in [0.25, 0.3) is 5.91 Å². The van der Waals surface area contributed by atoms with Crippen molar-refractivity contribution >= 4 is 49.1 Å². The Hall–Kier alpha value is -1.53. The second-order valence-electron chi connectivity index (χ2n) is 3.82. The number of carbonyl (C=O) groups is 1. The Morgan fingerprint density at radius 2 is 1.95 bits per heavy atom. The van der Waals surface area contributed by atoms with Gasteiger partial charge in [0, 0.05) is 8.95 Å². The van der Waals surface area contributed by atoms with Crippen LogP contribution in [-0.4, -0.2) is 11.0 Å². The SMILES string of the molecule is Nc1cccc(C(=O)Nc2ccc(Br)cc2Br)c1O. The van der Waals surface area contributed by atoms with Crippen molar-refractivity contribution in [3.8, 4) is 5.75 Å². The fourth-order valence-electron chi connectivity index (χ4n) is 1.53. The zero-order valence-corrected chi connectivity index (χ0v) is 12.8. The molecule has 0 unspecified atom stereocenters. The Morgan fingerprint density at radius 1 is 1.21 bits per heavy atom. The summed E-state index contributed by atoms with van der Waals surface area (Å²) in [6.07, 6.45) is 0. The summed E-state index contributed by atoms with van der Waals surface area (Å²) in [6.45, 7) is 0. The molecule has 0 fully saturated rings. The molecule has 0 spiro atoms. The van der Waals surface area contributed by atoms with Crippen molar-refractivity contribution in [2.45, 2.75) is 0 Å². The Labute approximate surface area is 126 Å². The van der Waals surface area contributed by atoms with Crippen LogP contribution in [0.3, 0.4) is 0 Å². The second-order valence-corrected chi connectivity index (χ2v) is 5.59. The molecule has 0 heterocycles. The monoisotopic (exact) mass is 384 g/mol. The molecule has 0 aliphatic rings. The molecule has 1 amide bonds. The molecule has 0 saturated carbocycles. The Bertz CT molecular complexity index is 645. The summed E-state index contributed by atoms with van der Waals surface area (Å²) in [5, 5.41) is 12.5. The molecule has 0 atom stereocenters. The van der Waals surface area contributed by atoms with Crippen LogP contribution in [0.4, 0.5) is 11.4 Å². The van der Waals surface area contributed by atoms with Gasteiger partial charge in [0.1, 0.15) is 0 Å². The Balaban J connectivity index is 2.28. The number of carbonyl (C=O) groups excluding carboxylic acids is 1. The van der Waals surface area contributed by atoms with Crippen LogP contribution in [-0.2, 0) is 0 Å². The van der Waals surface area contributed by atoms with E-state index in [1.54, 1.807) is 18.2 Å². The van der Waals surface area contributed by atoms with Crippen molar-refractivity contribution in [1.82, 2.24) is 0 Å². The van der Waals surface area contributed by atoms with Crippen LogP contribution >= 0.6 is 31.9 Å². The van der Waals surface area contributed by atoms with E-state index in [0.717, 1.165) is 8.95 Å². The van der Waals surface area contributed by atoms with Crippen molar-refractivity contribution in [2.75, 3.05) is 11.1 Å². The molecule has 0 radical (unpaired) electrons. The summed E-state index contributed by atoms with van der Waals surface area (Å²) in [6, 6.07) is 10.0. The molecule has 0 saturated heterocycles. The van der Waals surface area contributed by atoms with Crippen molar-refractivity contribution in [2.24, 2.45) is 0 Å². The van der Waals surface area contributed by atoms with Crippen molar-refractivity contribution in [1.29, 1.82) is 0 Å². The van der Waals surface area contributed by atoms with Gasteiger partial charge in [-0.15, -0.1) is 0 Å².